The van der Waals surface area contributed by atoms with Crippen LogP contribution in [0.4, 0.5) is 0 Å². The van der Waals surface area contributed by atoms with Crippen molar-refractivity contribution in [1.82, 2.24) is 10.2 Å². The van der Waals surface area contributed by atoms with Gasteiger partial charge in [-0.25, -0.2) is 0 Å². The predicted octanol–water partition coefficient (Wildman–Crippen LogP) is 3.72. The van der Waals surface area contributed by atoms with E-state index in [-0.39, 0.29) is 5.91 Å². The number of unbranched alkanes of at least 4 members (excludes halogenated alkanes) is 1. The number of carbonyl (C=O) groups is 1. The van der Waals surface area contributed by atoms with Crippen molar-refractivity contribution in [1.29, 1.82) is 0 Å². The summed E-state index contributed by atoms with van der Waals surface area (Å²) in [6.45, 7) is 9.28. The van der Waals surface area contributed by atoms with Gasteiger partial charge in [0.2, 0.25) is 0 Å². The molecule has 4 heteroatoms. The number of amides is 1. The minimum absolute atomic E-state index is 0.0111. The quantitative estimate of drug-likeness (QED) is 0.701. The molecule has 1 heterocycles. The summed E-state index contributed by atoms with van der Waals surface area (Å²) in [7, 11) is 0. The molecule has 1 amide bonds. The molecule has 1 N–H and O–H groups in total. The van der Waals surface area contributed by atoms with Crippen LogP contribution in [0.2, 0.25) is 0 Å². The summed E-state index contributed by atoms with van der Waals surface area (Å²) in [6.07, 6.45) is 6.24. The number of carbonyl (C=O) groups excluding carboxylic acids is 1. The lowest BCUT2D eigenvalue weighted by Gasteiger charge is -2.26. The molecule has 0 unspecified atom stereocenters. The lowest BCUT2D eigenvalue weighted by atomic mass is 10.1. The van der Waals surface area contributed by atoms with Gasteiger partial charge in [0.25, 0.3) is 5.91 Å². The van der Waals surface area contributed by atoms with Crippen LogP contribution in [0.5, 0.6) is 5.75 Å². The van der Waals surface area contributed by atoms with Crippen LogP contribution in [0, 0.1) is 5.92 Å². The molecular formula is C20H32N2O2. The Hall–Kier alpha value is -1.55. The smallest absolute Gasteiger partial charge is 0.251 e. The van der Waals surface area contributed by atoms with E-state index in [0.717, 1.165) is 31.7 Å². The number of likely N-dealkylation sites (tertiary alicyclic amines) is 1. The Kier molecular flexibility index (Phi) is 8.10. The molecule has 0 bridgehead atoms. The first-order valence-corrected chi connectivity index (χ1v) is 9.38. The summed E-state index contributed by atoms with van der Waals surface area (Å²) in [6, 6.07) is 7.44. The summed E-state index contributed by atoms with van der Waals surface area (Å²) < 4.78 is 5.68. The summed E-state index contributed by atoms with van der Waals surface area (Å²) in [5.41, 5.74) is 0.673. The Morgan fingerprint density at radius 3 is 2.75 bits per heavy atom. The summed E-state index contributed by atoms with van der Waals surface area (Å²) in [5.74, 6) is 1.23. The van der Waals surface area contributed by atoms with Crippen LogP contribution in [0.15, 0.2) is 24.3 Å². The van der Waals surface area contributed by atoms with Crippen molar-refractivity contribution in [3.63, 3.8) is 0 Å². The average Bonchev–Trinajstić information content (AvgIpc) is 2.60. The molecule has 1 aromatic rings. The first kappa shape index (κ1) is 18.8. The third kappa shape index (κ3) is 6.91. The van der Waals surface area contributed by atoms with Gasteiger partial charge >= 0.3 is 0 Å². The number of nitrogens with one attached hydrogen (secondary N) is 1. The molecular weight excluding hydrogens is 300 g/mol. The maximum Gasteiger partial charge on any atom is 0.251 e. The fourth-order valence-electron chi connectivity index (χ4n) is 2.94. The van der Waals surface area contributed by atoms with Crippen molar-refractivity contribution in [2.75, 3.05) is 32.8 Å². The van der Waals surface area contributed by atoms with Crippen molar-refractivity contribution in [3.05, 3.63) is 29.8 Å². The number of nitrogens with zero attached hydrogens (tertiary/aromatic N) is 1. The molecule has 134 valence electrons. The van der Waals surface area contributed by atoms with Gasteiger partial charge in [0.05, 0.1) is 6.61 Å². The molecule has 0 aliphatic carbocycles. The van der Waals surface area contributed by atoms with E-state index in [9.17, 15) is 4.79 Å². The summed E-state index contributed by atoms with van der Waals surface area (Å²) >= 11 is 0. The van der Waals surface area contributed by atoms with Gasteiger partial charge in [-0.05, 0) is 69.4 Å². The molecule has 0 atom stereocenters. The van der Waals surface area contributed by atoms with E-state index in [4.69, 9.17) is 4.74 Å². The highest BCUT2D eigenvalue weighted by Crippen LogP contribution is 2.14. The van der Waals surface area contributed by atoms with Crippen LogP contribution in [0.3, 0.4) is 0 Å². The third-order valence-electron chi connectivity index (χ3n) is 4.31. The van der Waals surface area contributed by atoms with Crippen LogP contribution in [0.25, 0.3) is 0 Å². The summed E-state index contributed by atoms with van der Waals surface area (Å²) in [4.78, 5) is 14.8. The van der Waals surface area contributed by atoms with Gasteiger partial charge in [0, 0.05) is 12.1 Å². The first-order valence-electron chi connectivity index (χ1n) is 9.38. The zero-order valence-corrected chi connectivity index (χ0v) is 15.2. The van der Waals surface area contributed by atoms with E-state index in [1.165, 1.54) is 32.4 Å². The highest BCUT2D eigenvalue weighted by Gasteiger charge is 2.10. The summed E-state index contributed by atoms with van der Waals surface area (Å²) in [5, 5.41) is 3.02. The van der Waals surface area contributed by atoms with Crippen molar-refractivity contribution < 1.29 is 9.53 Å². The minimum Gasteiger partial charge on any atom is -0.493 e. The highest BCUT2D eigenvalue weighted by molar-refractivity contribution is 5.94. The largest absolute Gasteiger partial charge is 0.493 e. The number of benzene rings is 1. The maximum atomic E-state index is 12.2. The van der Waals surface area contributed by atoms with Gasteiger partial charge in [-0.3, -0.25) is 4.79 Å². The lowest BCUT2D eigenvalue weighted by Crippen LogP contribution is -2.31. The number of hydrogen-bond acceptors (Lipinski definition) is 3. The molecule has 0 radical (unpaired) electrons. The van der Waals surface area contributed by atoms with Crippen LogP contribution < -0.4 is 10.1 Å². The molecule has 1 aliphatic heterocycles. The van der Waals surface area contributed by atoms with E-state index in [1.54, 1.807) is 0 Å². The van der Waals surface area contributed by atoms with E-state index in [2.05, 4.69) is 24.1 Å². The molecule has 1 fully saturated rings. The van der Waals surface area contributed by atoms with Crippen LogP contribution in [-0.2, 0) is 0 Å². The maximum absolute atomic E-state index is 12.2. The van der Waals surface area contributed by atoms with Crippen molar-refractivity contribution in [2.45, 2.75) is 46.0 Å². The van der Waals surface area contributed by atoms with Gasteiger partial charge in [0.15, 0.2) is 0 Å². The molecule has 2 rings (SSSR count). The van der Waals surface area contributed by atoms with Gasteiger partial charge in [-0.15, -0.1) is 0 Å². The van der Waals surface area contributed by atoms with Crippen LogP contribution in [-0.4, -0.2) is 43.6 Å². The van der Waals surface area contributed by atoms with E-state index < -0.39 is 0 Å². The molecule has 1 aliphatic rings. The Labute approximate surface area is 146 Å². The number of hydrogen-bond donors (Lipinski definition) is 1. The third-order valence-corrected chi connectivity index (χ3v) is 4.31. The fourth-order valence-corrected chi connectivity index (χ4v) is 2.94. The normalized spacial score (nSPS) is 15.5. The zero-order valence-electron chi connectivity index (χ0n) is 15.2. The second kappa shape index (κ2) is 10.3. The second-order valence-corrected chi connectivity index (χ2v) is 7.10. The molecule has 0 spiro atoms. The first-order chi connectivity index (χ1) is 11.6. The molecule has 0 aromatic heterocycles. The SMILES string of the molecule is CC(C)COc1cccc(C(=O)NCCCCN2CCCCC2)c1. The number of rotatable bonds is 9. The fraction of sp³-hybridized carbons (Fsp3) is 0.650. The average molecular weight is 332 g/mol. The monoisotopic (exact) mass is 332 g/mol. The number of piperidine rings is 1. The van der Waals surface area contributed by atoms with Gasteiger partial charge < -0.3 is 15.0 Å². The van der Waals surface area contributed by atoms with Gasteiger partial charge in [0.1, 0.15) is 5.75 Å². The van der Waals surface area contributed by atoms with Gasteiger partial charge in [-0.2, -0.15) is 0 Å². The lowest BCUT2D eigenvalue weighted by molar-refractivity contribution is 0.0952. The van der Waals surface area contributed by atoms with Gasteiger partial charge in [-0.1, -0.05) is 26.3 Å². The van der Waals surface area contributed by atoms with Crippen molar-refractivity contribution in [3.8, 4) is 5.75 Å². The van der Waals surface area contributed by atoms with Crippen LogP contribution in [0.1, 0.15) is 56.3 Å². The van der Waals surface area contributed by atoms with Crippen LogP contribution >= 0.6 is 0 Å². The minimum atomic E-state index is -0.0111. The highest BCUT2D eigenvalue weighted by atomic mass is 16.5. The van der Waals surface area contributed by atoms with E-state index >= 15 is 0 Å². The van der Waals surface area contributed by atoms with Crippen molar-refractivity contribution >= 4 is 5.91 Å². The molecule has 1 saturated heterocycles. The number of ether oxygens (including phenoxy) is 1. The Bertz CT molecular complexity index is 496. The molecule has 24 heavy (non-hydrogen) atoms. The Balaban J connectivity index is 1.65. The Morgan fingerprint density at radius 1 is 1.21 bits per heavy atom. The predicted molar refractivity (Wildman–Crippen MR) is 98.6 cm³/mol. The zero-order chi connectivity index (χ0) is 17.2. The Morgan fingerprint density at radius 2 is 2.00 bits per heavy atom. The second-order valence-electron chi connectivity index (χ2n) is 7.10. The molecule has 0 saturated carbocycles. The molecule has 4 nitrogen and oxygen atoms in total. The standard InChI is InChI=1S/C20H32N2O2/c1-17(2)16-24-19-10-8-9-18(15-19)20(23)21-11-4-7-14-22-12-5-3-6-13-22/h8-10,15,17H,3-7,11-14,16H2,1-2H3,(H,21,23). The molecule has 1 aromatic carbocycles. The topological polar surface area (TPSA) is 41.6 Å². The van der Waals surface area contributed by atoms with E-state index in [0.29, 0.717) is 18.1 Å². The van der Waals surface area contributed by atoms with E-state index in [1.807, 2.05) is 24.3 Å². The van der Waals surface area contributed by atoms with Crippen molar-refractivity contribution in [2.24, 2.45) is 5.92 Å².